The van der Waals surface area contributed by atoms with Gasteiger partial charge in [0, 0.05) is 13.0 Å². The van der Waals surface area contributed by atoms with Crippen molar-refractivity contribution in [2.24, 2.45) is 5.73 Å². The molecule has 0 aromatic rings. The highest BCUT2D eigenvalue weighted by molar-refractivity contribution is 7.47. The van der Waals surface area contributed by atoms with Crippen LogP contribution in [0.2, 0.25) is 0 Å². The third-order valence-electron chi connectivity index (χ3n) is 13.0. The molecule has 0 rings (SSSR count). The van der Waals surface area contributed by atoms with Crippen LogP contribution in [-0.2, 0) is 18.4 Å². The zero-order chi connectivity index (χ0) is 45.3. The Morgan fingerprint density at radius 2 is 0.742 bits per heavy atom. The number of hydrogen-bond acceptors (Lipinski definition) is 6. The molecule has 0 bridgehead atoms. The van der Waals surface area contributed by atoms with E-state index in [1.807, 2.05) is 0 Å². The molecule has 8 nitrogen and oxygen atoms in total. The van der Waals surface area contributed by atoms with Crippen LogP contribution in [0, 0.1) is 0 Å². The molecule has 0 spiro atoms. The van der Waals surface area contributed by atoms with E-state index in [-0.39, 0.29) is 25.7 Å². The topological polar surface area (TPSA) is 131 Å². The van der Waals surface area contributed by atoms with E-state index >= 15 is 0 Å². The molecule has 3 unspecified atom stereocenters. The number of hydrogen-bond donors (Lipinski definition) is 4. The Hall–Kier alpha value is -0.500. The first-order chi connectivity index (χ1) is 30.4. The maximum atomic E-state index is 12.9. The van der Waals surface area contributed by atoms with Crippen molar-refractivity contribution < 1.29 is 28.4 Å². The van der Waals surface area contributed by atoms with Gasteiger partial charge in [-0.05, 0) is 12.8 Å². The first-order valence-corrected chi connectivity index (χ1v) is 29.1. The third kappa shape index (κ3) is 47.5. The fraction of sp³-hybridized carbons (Fsp3) is 0.981. The summed E-state index contributed by atoms with van der Waals surface area (Å²) in [5, 5.41) is 13.9. The van der Waals surface area contributed by atoms with Gasteiger partial charge in [0.1, 0.15) is 0 Å². The second kappa shape index (κ2) is 49.9. The van der Waals surface area contributed by atoms with Crippen LogP contribution < -0.4 is 11.1 Å². The summed E-state index contributed by atoms with van der Waals surface area (Å²) >= 11 is 0. The first kappa shape index (κ1) is 61.5. The molecule has 0 heterocycles. The predicted molar refractivity (Wildman–Crippen MR) is 268 cm³/mol. The predicted octanol–water partition coefficient (Wildman–Crippen LogP) is 16.5. The van der Waals surface area contributed by atoms with Crippen LogP contribution in [0.4, 0.5) is 0 Å². The highest BCUT2D eigenvalue weighted by Gasteiger charge is 2.27. The van der Waals surface area contributed by atoms with Gasteiger partial charge in [0.05, 0.1) is 25.4 Å². The Labute approximate surface area is 386 Å². The lowest BCUT2D eigenvalue weighted by Gasteiger charge is -2.25. The van der Waals surface area contributed by atoms with Crippen molar-refractivity contribution in [3.05, 3.63) is 0 Å². The number of nitrogens with one attached hydrogen (secondary N) is 1. The van der Waals surface area contributed by atoms with Gasteiger partial charge in [-0.1, -0.05) is 284 Å². The number of carbonyl (C=O) groups is 1. The number of aliphatic hydroxyl groups is 1. The van der Waals surface area contributed by atoms with Crippen LogP contribution >= 0.6 is 7.82 Å². The van der Waals surface area contributed by atoms with Gasteiger partial charge in [-0.2, -0.15) is 0 Å². The number of phosphoric ester groups is 1. The number of aliphatic hydroxyl groups excluding tert-OH is 1. The highest BCUT2D eigenvalue weighted by atomic mass is 31.2. The summed E-state index contributed by atoms with van der Waals surface area (Å²) in [6.45, 7) is 4.27. The van der Waals surface area contributed by atoms with Crippen molar-refractivity contribution in [3.63, 3.8) is 0 Å². The lowest BCUT2D eigenvalue weighted by Crippen LogP contribution is -2.46. The van der Waals surface area contributed by atoms with Crippen LogP contribution in [0.1, 0.15) is 303 Å². The van der Waals surface area contributed by atoms with Crippen molar-refractivity contribution in [3.8, 4) is 0 Å². The molecule has 0 radical (unpaired) electrons. The molecule has 372 valence electrons. The summed E-state index contributed by atoms with van der Waals surface area (Å²) in [6.07, 6.45) is 57.1. The standard InChI is InChI=1S/C53H109N2O6P/c1-3-5-7-9-11-13-15-17-19-21-23-25-26-27-29-31-33-35-37-39-41-43-45-47-53(57)55-51(50-61-62(58,59)60-49-48-54)52(56)46-44-42-40-38-36-34-32-30-28-24-22-20-18-16-14-12-10-8-6-4-2/h51-52,56H,3-50,54H2,1-2H3,(H,55,57)(H,58,59). The normalized spacial score (nSPS) is 13.7. The number of amides is 1. The summed E-state index contributed by atoms with van der Waals surface area (Å²) in [6, 6.07) is -0.769. The summed E-state index contributed by atoms with van der Waals surface area (Å²) < 4.78 is 22.3. The Kier molecular flexibility index (Phi) is 49.5. The van der Waals surface area contributed by atoms with Crippen molar-refractivity contribution >= 4 is 13.7 Å². The SMILES string of the molecule is CCCCCCCCCCCCCCCCCCCCCCCCCC(=O)NC(COP(=O)(O)OCCN)C(O)CCCCCCCCCCCCCCCCCCCCCC. The molecule has 0 saturated carbocycles. The summed E-state index contributed by atoms with van der Waals surface area (Å²) in [5.41, 5.74) is 5.41. The van der Waals surface area contributed by atoms with Crippen molar-refractivity contribution in [1.82, 2.24) is 5.32 Å². The fourth-order valence-electron chi connectivity index (χ4n) is 8.79. The maximum Gasteiger partial charge on any atom is 0.472 e. The molecule has 0 fully saturated rings. The molecule has 9 heteroatoms. The molecule has 1 amide bonds. The van der Waals surface area contributed by atoms with E-state index in [1.54, 1.807) is 0 Å². The largest absolute Gasteiger partial charge is 0.472 e. The molecule has 5 N–H and O–H groups in total. The molecular formula is C53H109N2O6P. The minimum atomic E-state index is -4.32. The van der Waals surface area contributed by atoms with Gasteiger partial charge in [0.15, 0.2) is 0 Å². The van der Waals surface area contributed by atoms with E-state index in [9.17, 15) is 19.4 Å². The summed E-state index contributed by atoms with van der Waals surface area (Å²) in [4.78, 5) is 22.9. The van der Waals surface area contributed by atoms with Gasteiger partial charge in [-0.15, -0.1) is 0 Å². The van der Waals surface area contributed by atoms with Gasteiger partial charge in [0.25, 0.3) is 0 Å². The van der Waals surface area contributed by atoms with Crippen LogP contribution in [0.3, 0.4) is 0 Å². The average molecular weight is 901 g/mol. The quantitative estimate of drug-likeness (QED) is 0.0353. The van der Waals surface area contributed by atoms with E-state index in [1.165, 1.54) is 238 Å². The number of rotatable bonds is 53. The van der Waals surface area contributed by atoms with Gasteiger partial charge in [-0.3, -0.25) is 13.8 Å². The molecule has 0 aliphatic heterocycles. The zero-order valence-corrected chi connectivity index (χ0v) is 42.5. The first-order valence-electron chi connectivity index (χ1n) is 27.7. The average Bonchev–Trinajstić information content (AvgIpc) is 3.26. The van der Waals surface area contributed by atoms with E-state index in [4.69, 9.17) is 14.8 Å². The second-order valence-electron chi connectivity index (χ2n) is 19.2. The number of unbranched alkanes of at least 4 members (excludes halogenated alkanes) is 41. The van der Waals surface area contributed by atoms with Gasteiger partial charge < -0.3 is 21.1 Å². The highest BCUT2D eigenvalue weighted by Crippen LogP contribution is 2.43. The molecular weight excluding hydrogens is 792 g/mol. The van der Waals surface area contributed by atoms with E-state index < -0.39 is 20.0 Å². The number of phosphoric acid groups is 1. The molecule has 0 aromatic heterocycles. The van der Waals surface area contributed by atoms with E-state index in [0.717, 1.165) is 38.5 Å². The molecule has 0 saturated heterocycles. The van der Waals surface area contributed by atoms with Crippen molar-refractivity contribution in [2.45, 2.75) is 315 Å². The minimum Gasteiger partial charge on any atom is -0.391 e. The van der Waals surface area contributed by atoms with Gasteiger partial charge in [-0.25, -0.2) is 4.57 Å². The zero-order valence-electron chi connectivity index (χ0n) is 41.6. The van der Waals surface area contributed by atoms with E-state index in [0.29, 0.717) is 12.8 Å². The lowest BCUT2D eigenvalue weighted by molar-refractivity contribution is -0.123. The Bertz CT molecular complexity index is 942. The molecule has 0 aromatic carbocycles. The molecule has 62 heavy (non-hydrogen) atoms. The van der Waals surface area contributed by atoms with Crippen LogP contribution in [0.15, 0.2) is 0 Å². The fourth-order valence-corrected chi connectivity index (χ4v) is 9.55. The lowest BCUT2D eigenvalue weighted by atomic mass is 10.0. The third-order valence-corrected chi connectivity index (χ3v) is 13.9. The van der Waals surface area contributed by atoms with Crippen molar-refractivity contribution in [2.75, 3.05) is 19.8 Å². The molecule has 3 atom stereocenters. The Balaban J connectivity index is 3.95. The van der Waals surface area contributed by atoms with Crippen LogP contribution in [0.25, 0.3) is 0 Å². The van der Waals surface area contributed by atoms with Crippen LogP contribution in [0.5, 0.6) is 0 Å². The minimum absolute atomic E-state index is 0.0930. The Morgan fingerprint density at radius 3 is 1.03 bits per heavy atom. The molecule has 0 aliphatic rings. The number of carbonyl (C=O) groups excluding carboxylic acids is 1. The van der Waals surface area contributed by atoms with Gasteiger partial charge in [0.2, 0.25) is 5.91 Å². The van der Waals surface area contributed by atoms with E-state index in [2.05, 4.69) is 19.2 Å². The van der Waals surface area contributed by atoms with Crippen LogP contribution in [-0.4, -0.2) is 47.8 Å². The summed E-state index contributed by atoms with van der Waals surface area (Å²) in [5.74, 6) is -0.153. The number of nitrogens with two attached hydrogens (primary N) is 1. The maximum absolute atomic E-state index is 12.9. The van der Waals surface area contributed by atoms with Crippen molar-refractivity contribution in [1.29, 1.82) is 0 Å². The monoisotopic (exact) mass is 901 g/mol. The molecule has 0 aliphatic carbocycles. The summed E-state index contributed by atoms with van der Waals surface area (Å²) in [7, 11) is -4.32. The smallest absolute Gasteiger partial charge is 0.391 e. The second-order valence-corrected chi connectivity index (χ2v) is 20.6. The Morgan fingerprint density at radius 1 is 0.468 bits per heavy atom. The van der Waals surface area contributed by atoms with Gasteiger partial charge >= 0.3 is 7.82 Å².